The third-order valence-electron chi connectivity index (χ3n) is 4.83. The van der Waals surface area contributed by atoms with Crippen molar-refractivity contribution in [3.8, 4) is 0 Å². The molecular weight excluding hydrogens is 286 g/mol. The second kappa shape index (κ2) is 5.60. The molecule has 4 rings (SSSR count). The molecule has 1 N–H and O–H groups in total. The number of hydrogen-bond acceptors (Lipinski definition) is 2. The minimum absolute atomic E-state index is 0.0393. The van der Waals surface area contributed by atoms with E-state index in [4.69, 9.17) is 0 Å². The fraction of sp³-hybridized carbons (Fsp3) is 0.300. The van der Waals surface area contributed by atoms with Gasteiger partial charge in [0.05, 0.1) is 4.75 Å². The average Bonchev–Trinajstić information content (AvgIpc) is 2.90. The zero-order chi connectivity index (χ0) is 15.0. The molecule has 2 heteroatoms. The summed E-state index contributed by atoms with van der Waals surface area (Å²) in [7, 11) is 0. The number of fused-ring (bicyclic) bond motifs is 1. The van der Waals surface area contributed by atoms with Gasteiger partial charge in [-0.1, -0.05) is 54.1 Å². The molecule has 0 spiro atoms. The Labute approximate surface area is 136 Å². The fourth-order valence-corrected chi connectivity index (χ4v) is 5.23. The predicted octanol–water partition coefficient (Wildman–Crippen LogP) is 4.84. The van der Waals surface area contributed by atoms with Crippen LogP contribution < -0.4 is 5.32 Å². The highest BCUT2D eigenvalue weighted by Crippen LogP contribution is 2.59. The van der Waals surface area contributed by atoms with Crippen molar-refractivity contribution in [3.63, 3.8) is 0 Å². The first-order chi connectivity index (χ1) is 10.8. The first-order valence-corrected chi connectivity index (χ1v) is 8.88. The summed E-state index contributed by atoms with van der Waals surface area (Å²) in [6.45, 7) is 4.62. The van der Waals surface area contributed by atoms with Gasteiger partial charge in [-0.3, -0.25) is 0 Å². The van der Waals surface area contributed by atoms with Crippen LogP contribution in [0.5, 0.6) is 0 Å². The number of nitrogens with one attached hydrogen (secondary N) is 1. The van der Waals surface area contributed by atoms with Gasteiger partial charge in [-0.25, -0.2) is 0 Å². The lowest BCUT2D eigenvalue weighted by Crippen LogP contribution is -2.26. The first kappa shape index (κ1) is 14.1. The molecule has 1 fully saturated rings. The molecule has 2 aromatic rings. The van der Waals surface area contributed by atoms with Crippen molar-refractivity contribution in [1.29, 1.82) is 0 Å². The lowest BCUT2D eigenvalue weighted by atomic mass is 9.82. The van der Waals surface area contributed by atoms with Crippen molar-refractivity contribution in [1.82, 2.24) is 5.32 Å². The molecule has 2 aliphatic rings. The SMILES string of the molecule is CC1(c2ccccc2)Sc2ccccc2C1=C1CCNCC1. The Morgan fingerprint density at radius 1 is 0.909 bits per heavy atom. The molecule has 1 saturated heterocycles. The normalized spacial score (nSPS) is 24.4. The molecule has 0 radical (unpaired) electrons. The molecule has 0 amide bonds. The summed E-state index contributed by atoms with van der Waals surface area (Å²) >= 11 is 2.02. The van der Waals surface area contributed by atoms with Crippen LogP contribution in [0.2, 0.25) is 0 Å². The van der Waals surface area contributed by atoms with E-state index in [2.05, 4.69) is 66.8 Å². The van der Waals surface area contributed by atoms with Gasteiger partial charge in [0.25, 0.3) is 0 Å². The van der Waals surface area contributed by atoms with Gasteiger partial charge in [-0.05, 0) is 55.6 Å². The summed E-state index contributed by atoms with van der Waals surface area (Å²) in [6, 6.07) is 19.9. The summed E-state index contributed by atoms with van der Waals surface area (Å²) in [5.74, 6) is 0. The number of benzene rings is 2. The Hall–Kier alpha value is -1.51. The third-order valence-corrected chi connectivity index (χ3v) is 6.26. The summed E-state index contributed by atoms with van der Waals surface area (Å²) in [6.07, 6.45) is 2.35. The molecule has 2 heterocycles. The standard InChI is InChI=1S/C20H21NS/c1-20(16-7-3-2-4-8-16)19(15-11-13-21-14-12-15)17-9-5-6-10-18(17)22-20/h2-10,21H,11-14H2,1H3. The van der Waals surface area contributed by atoms with E-state index in [0.717, 1.165) is 13.1 Å². The van der Waals surface area contributed by atoms with Crippen LogP contribution in [0.4, 0.5) is 0 Å². The molecule has 112 valence electrons. The van der Waals surface area contributed by atoms with Crippen molar-refractivity contribution in [2.45, 2.75) is 29.4 Å². The molecule has 0 aliphatic carbocycles. The third kappa shape index (κ3) is 2.22. The van der Waals surface area contributed by atoms with Gasteiger partial charge in [0.1, 0.15) is 0 Å². The second-order valence-corrected chi connectivity index (χ2v) is 7.69. The van der Waals surface area contributed by atoms with Crippen molar-refractivity contribution >= 4 is 17.3 Å². The molecule has 1 nitrogen and oxygen atoms in total. The van der Waals surface area contributed by atoms with Crippen LogP contribution in [0.15, 0.2) is 65.1 Å². The predicted molar refractivity (Wildman–Crippen MR) is 95.1 cm³/mol. The molecule has 2 aliphatic heterocycles. The molecule has 22 heavy (non-hydrogen) atoms. The zero-order valence-corrected chi connectivity index (χ0v) is 13.7. The van der Waals surface area contributed by atoms with E-state index < -0.39 is 0 Å². The fourth-order valence-electron chi connectivity index (χ4n) is 3.76. The van der Waals surface area contributed by atoms with Crippen molar-refractivity contribution < 1.29 is 0 Å². The van der Waals surface area contributed by atoms with Crippen LogP contribution in [0.3, 0.4) is 0 Å². The zero-order valence-electron chi connectivity index (χ0n) is 12.9. The van der Waals surface area contributed by atoms with E-state index in [1.165, 1.54) is 28.9 Å². The van der Waals surface area contributed by atoms with E-state index in [9.17, 15) is 0 Å². The number of hydrogen-bond donors (Lipinski definition) is 1. The van der Waals surface area contributed by atoms with E-state index in [1.807, 2.05) is 11.8 Å². The Morgan fingerprint density at radius 3 is 2.36 bits per heavy atom. The van der Waals surface area contributed by atoms with Gasteiger partial charge in [-0.15, -0.1) is 11.8 Å². The Balaban J connectivity index is 1.92. The van der Waals surface area contributed by atoms with Crippen LogP contribution in [0.25, 0.3) is 5.57 Å². The average molecular weight is 307 g/mol. The largest absolute Gasteiger partial charge is 0.316 e. The van der Waals surface area contributed by atoms with E-state index in [-0.39, 0.29) is 4.75 Å². The van der Waals surface area contributed by atoms with Gasteiger partial charge in [0.2, 0.25) is 0 Å². The van der Waals surface area contributed by atoms with Gasteiger partial charge in [0.15, 0.2) is 0 Å². The maximum atomic E-state index is 3.49. The van der Waals surface area contributed by atoms with Gasteiger partial charge < -0.3 is 5.32 Å². The Kier molecular flexibility index (Phi) is 3.59. The second-order valence-electron chi connectivity index (χ2n) is 6.23. The topological polar surface area (TPSA) is 12.0 Å². The summed E-state index contributed by atoms with van der Waals surface area (Å²) in [5.41, 5.74) is 6.08. The number of rotatable bonds is 1. The highest BCUT2D eigenvalue weighted by atomic mass is 32.2. The molecule has 0 bridgehead atoms. The van der Waals surface area contributed by atoms with Crippen LogP contribution in [-0.2, 0) is 4.75 Å². The Morgan fingerprint density at radius 2 is 1.59 bits per heavy atom. The van der Waals surface area contributed by atoms with Gasteiger partial charge in [0, 0.05) is 4.90 Å². The van der Waals surface area contributed by atoms with Crippen LogP contribution in [0.1, 0.15) is 30.9 Å². The highest BCUT2D eigenvalue weighted by Gasteiger charge is 2.41. The highest BCUT2D eigenvalue weighted by molar-refractivity contribution is 8.01. The lowest BCUT2D eigenvalue weighted by Gasteiger charge is -2.30. The number of thioether (sulfide) groups is 1. The lowest BCUT2D eigenvalue weighted by molar-refractivity contribution is 0.607. The summed E-state index contributed by atoms with van der Waals surface area (Å²) in [4.78, 5) is 1.43. The molecule has 0 saturated carbocycles. The Bertz CT molecular complexity index is 711. The monoisotopic (exact) mass is 307 g/mol. The molecule has 1 unspecified atom stereocenters. The van der Waals surface area contributed by atoms with E-state index >= 15 is 0 Å². The minimum Gasteiger partial charge on any atom is -0.316 e. The van der Waals surface area contributed by atoms with Crippen molar-refractivity contribution in [2.75, 3.05) is 13.1 Å². The van der Waals surface area contributed by atoms with E-state index in [0.29, 0.717) is 0 Å². The molecule has 0 aromatic heterocycles. The van der Waals surface area contributed by atoms with Crippen molar-refractivity contribution in [3.05, 3.63) is 71.3 Å². The van der Waals surface area contributed by atoms with E-state index in [1.54, 1.807) is 11.1 Å². The number of piperidine rings is 1. The maximum Gasteiger partial charge on any atom is 0.0681 e. The minimum atomic E-state index is 0.0393. The van der Waals surface area contributed by atoms with Gasteiger partial charge in [-0.2, -0.15) is 0 Å². The van der Waals surface area contributed by atoms with Crippen molar-refractivity contribution in [2.24, 2.45) is 0 Å². The van der Waals surface area contributed by atoms with Gasteiger partial charge >= 0.3 is 0 Å². The quantitative estimate of drug-likeness (QED) is 0.808. The van der Waals surface area contributed by atoms with Crippen LogP contribution in [0, 0.1) is 0 Å². The molecule has 1 atom stereocenters. The maximum absolute atomic E-state index is 3.49. The van der Waals surface area contributed by atoms with Crippen LogP contribution in [-0.4, -0.2) is 13.1 Å². The molecule has 2 aromatic carbocycles. The first-order valence-electron chi connectivity index (χ1n) is 8.06. The van der Waals surface area contributed by atoms with Crippen LogP contribution >= 0.6 is 11.8 Å². The smallest absolute Gasteiger partial charge is 0.0681 e. The summed E-state index contributed by atoms with van der Waals surface area (Å²) in [5, 5.41) is 3.49. The summed E-state index contributed by atoms with van der Waals surface area (Å²) < 4.78 is 0.0393. The molecular formula is C20H21NS.